The van der Waals surface area contributed by atoms with Crippen LogP contribution in [0.2, 0.25) is 0 Å². The maximum Gasteiger partial charge on any atom is 0.382 e. The van der Waals surface area contributed by atoms with E-state index in [1.807, 2.05) is 6.07 Å². The van der Waals surface area contributed by atoms with E-state index in [0.717, 1.165) is 5.39 Å². The zero-order valence-electron chi connectivity index (χ0n) is 12.3. The fraction of sp³-hybridized carbons (Fsp3) is 0.267. The van der Waals surface area contributed by atoms with Gasteiger partial charge in [-0.2, -0.15) is 0 Å². The van der Waals surface area contributed by atoms with Crippen molar-refractivity contribution in [2.45, 2.75) is 13.8 Å². The summed E-state index contributed by atoms with van der Waals surface area (Å²) in [7, 11) is -3.53. The van der Waals surface area contributed by atoms with Gasteiger partial charge in [-0.05, 0) is 31.4 Å². The third kappa shape index (κ3) is 2.39. The van der Waals surface area contributed by atoms with Gasteiger partial charge in [-0.15, -0.1) is 0 Å². The summed E-state index contributed by atoms with van der Waals surface area (Å²) in [5.74, 6) is 0.592. The lowest BCUT2D eigenvalue weighted by atomic mass is 10.2. The Labute approximate surface area is 127 Å². The van der Waals surface area contributed by atoms with E-state index in [2.05, 4.69) is 4.98 Å². The number of phenols is 1. The molecule has 22 heavy (non-hydrogen) atoms. The average molecular weight is 321 g/mol. The van der Waals surface area contributed by atoms with Gasteiger partial charge in [-0.25, -0.2) is 4.98 Å². The Morgan fingerprint density at radius 2 is 2.00 bits per heavy atom. The Kier molecular flexibility index (Phi) is 3.91. The van der Waals surface area contributed by atoms with Gasteiger partial charge in [0.25, 0.3) is 0 Å². The predicted octanol–water partition coefficient (Wildman–Crippen LogP) is 3.53. The first kappa shape index (κ1) is 15.0. The van der Waals surface area contributed by atoms with Gasteiger partial charge >= 0.3 is 7.60 Å². The van der Waals surface area contributed by atoms with Crippen molar-refractivity contribution >= 4 is 23.8 Å². The topological polar surface area (TPSA) is 81.8 Å². The lowest BCUT2D eigenvalue weighted by Gasteiger charge is -2.16. The molecule has 0 saturated heterocycles. The van der Waals surface area contributed by atoms with Crippen LogP contribution in [0.5, 0.6) is 5.75 Å². The molecule has 116 valence electrons. The summed E-state index contributed by atoms with van der Waals surface area (Å²) in [5, 5.41) is 11.4. The van der Waals surface area contributed by atoms with Crippen LogP contribution < -0.4 is 5.44 Å². The fourth-order valence-corrected chi connectivity index (χ4v) is 3.78. The zero-order valence-corrected chi connectivity index (χ0v) is 13.2. The van der Waals surface area contributed by atoms with Gasteiger partial charge in [-0.1, -0.05) is 12.1 Å². The molecule has 0 fully saturated rings. The summed E-state index contributed by atoms with van der Waals surface area (Å²) in [4.78, 5) is 4.37. The molecule has 1 aromatic rings. The number of rotatable bonds is 5. The first-order valence-electron chi connectivity index (χ1n) is 6.98. The summed E-state index contributed by atoms with van der Waals surface area (Å²) >= 11 is 0. The van der Waals surface area contributed by atoms with Crippen LogP contribution in [-0.4, -0.2) is 23.3 Å². The van der Waals surface area contributed by atoms with Crippen LogP contribution in [0.3, 0.4) is 0 Å². The molecule has 0 unspecified atom stereocenters. The first-order valence-corrected chi connectivity index (χ1v) is 8.53. The molecule has 1 N–H and O–H groups in total. The molecule has 0 aromatic heterocycles. The monoisotopic (exact) mass is 321 g/mol. The minimum Gasteiger partial charge on any atom is -0.507 e. The fourth-order valence-electron chi connectivity index (χ4n) is 2.36. The van der Waals surface area contributed by atoms with E-state index >= 15 is 0 Å². The molecule has 1 heterocycles. The van der Waals surface area contributed by atoms with E-state index in [1.54, 1.807) is 32.0 Å². The van der Waals surface area contributed by atoms with Crippen LogP contribution in [0.15, 0.2) is 34.9 Å². The molecule has 0 amide bonds. The van der Waals surface area contributed by atoms with Crippen molar-refractivity contribution in [3.63, 3.8) is 0 Å². The van der Waals surface area contributed by atoms with Crippen LogP contribution in [0.1, 0.15) is 13.8 Å². The summed E-state index contributed by atoms with van der Waals surface area (Å²) in [5.41, 5.74) is 0.532. The molecule has 2 aliphatic rings. The molecule has 0 bridgehead atoms. The Hall–Kier alpha value is -1.88. The average Bonchev–Trinajstić information content (AvgIpc) is 2.86. The highest BCUT2D eigenvalue weighted by atomic mass is 31.2. The molecule has 0 radical (unpaired) electrons. The van der Waals surface area contributed by atoms with Gasteiger partial charge in [0.1, 0.15) is 17.7 Å². The Morgan fingerprint density at radius 1 is 1.27 bits per heavy atom. The quantitative estimate of drug-likeness (QED) is 0.724. The number of nitrogens with zero attached hydrogens (tertiary/aromatic N) is 1. The molecule has 6 nitrogen and oxygen atoms in total. The number of hydrogen-bond donors (Lipinski definition) is 1. The minimum atomic E-state index is -3.53. The standard InChI is InChI=1S/C15H16NO5P/c1-3-20-22(18,21-4-2)13-9-19-12-8-10-6-5-7-11(17)14(10)15(12)16-13/h5-9,17H,3-4H2,1-2H3. The van der Waals surface area contributed by atoms with Crippen LogP contribution in [-0.2, 0) is 13.6 Å². The molecule has 3 rings (SSSR count). The van der Waals surface area contributed by atoms with Crippen molar-refractivity contribution in [2.24, 2.45) is 0 Å². The van der Waals surface area contributed by atoms with E-state index in [9.17, 15) is 9.67 Å². The lowest BCUT2D eigenvalue weighted by Crippen LogP contribution is -2.15. The van der Waals surface area contributed by atoms with Gasteiger partial charge in [0.15, 0.2) is 11.2 Å². The number of phenolic OH excluding ortho intramolecular Hbond substituents is 1. The van der Waals surface area contributed by atoms with Crippen LogP contribution in [0, 0.1) is 0 Å². The number of benzene rings is 1. The third-order valence-corrected chi connectivity index (χ3v) is 5.19. The van der Waals surface area contributed by atoms with Gasteiger partial charge in [0.05, 0.1) is 18.6 Å². The smallest absolute Gasteiger partial charge is 0.382 e. The second-order valence-corrected chi connectivity index (χ2v) is 6.61. The Bertz CT molecular complexity index is 818. The summed E-state index contributed by atoms with van der Waals surface area (Å²) in [6, 6.07) is 6.92. The Morgan fingerprint density at radius 3 is 2.68 bits per heavy atom. The van der Waals surface area contributed by atoms with Crippen molar-refractivity contribution in [3.8, 4) is 17.2 Å². The molecule has 7 heteroatoms. The van der Waals surface area contributed by atoms with Gasteiger partial charge in [-0.3, -0.25) is 4.57 Å². The molecular formula is C15H16NO5P. The van der Waals surface area contributed by atoms with Crippen molar-refractivity contribution in [2.75, 3.05) is 13.2 Å². The molecule has 0 spiro atoms. The molecular weight excluding hydrogens is 305 g/mol. The Balaban J connectivity index is 2.22. The highest BCUT2D eigenvalue weighted by Crippen LogP contribution is 2.47. The number of aromatic nitrogens is 1. The maximum atomic E-state index is 12.8. The number of fused-ring (bicyclic) bond motifs is 3. The normalized spacial score (nSPS) is 12.3. The van der Waals surface area contributed by atoms with Crippen molar-refractivity contribution in [1.82, 2.24) is 4.98 Å². The van der Waals surface area contributed by atoms with Crippen LogP contribution >= 0.6 is 7.60 Å². The highest BCUT2D eigenvalue weighted by Gasteiger charge is 2.31. The van der Waals surface area contributed by atoms with Crippen molar-refractivity contribution in [1.29, 1.82) is 0 Å². The molecule has 0 atom stereocenters. The van der Waals surface area contributed by atoms with Crippen molar-refractivity contribution in [3.05, 3.63) is 30.5 Å². The van der Waals surface area contributed by atoms with Gasteiger partial charge < -0.3 is 18.6 Å². The van der Waals surface area contributed by atoms with Gasteiger partial charge in [0.2, 0.25) is 0 Å². The van der Waals surface area contributed by atoms with E-state index in [4.69, 9.17) is 13.5 Å². The van der Waals surface area contributed by atoms with Crippen LogP contribution in [0.25, 0.3) is 22.2 Å². The van der Waals surface area contributed by atoms with Crippen LogP contribution in [0.4, 0.5) is 0 Å². The molecule has 1 aliphatic heterocycles. The van der Waals surface area contributed by atoms with E-state index in [-0.39, 0.29) is 24.4 Å². The number of hydrogen-bond acceptors (Lipinski definition) is 6. The largest absolute Gasteiger partial charge is 0.507 e. The molecule has 1 aliphatic carbocycles. The molecule has 1 aromatic carbocycles. The van der Waals surface area contributed by atoms with E-state index in [1.165, 1.54) is 6.26 Å². The molecule has 0 saturated carbocycles. The third-order valence-electron chi connectivity index (χ3n) is 3.23. The lowest BCUT2D eigenvalue weighted by molar-refractivity contribution is 0.228. The zero-order chi connectivity index (χ0) is 15.7. The summed E-state index contributed by atoms with van der Waals surface area (Å²) in [6.45, 7) is 3.91. The summed E-state index contributed by atoms with van der Waals surface area (Å²) in [6.07, 6.45) is 1.28. The summed E-state index contributed by atoms with van der Waals surface area (Å²) < 4.78 is 28.8. The highest BCUT2D eigenvalue weighted by molar-refractivity contribution is 7.61. The van der Waals surface area contributed by atoms with Gasteiger partial charge in [0, 0.05) is 0 Å². The van der Waals surface area contributed by atoms with E-state index < -0.39 is 7.60 Å². The predicted molar refractivity (Wildman–Crippen MR) is 82.8 cm³/mol. The number of aromatic hydroxyl groups is 1. The van der Waals surface area contributed by atoms with E-state index in [0.29, 0.717) is 16.8 Å². The maximum absolute atomic E-state index is 12.8. The second kappa shape index (κ2) is 5.72. The SMILES string of the molecule is CCOP(=O)(OCC)c1coc2cc3cccc(O)c3c-2n1. The first-order chi connectivity index (χ1) is 10.6. The van der Waals surface area contributed by atoms with Crippen molar-refractivity contribution < 1.29 is 23.1 Å². The minimum absolute atomic E-state index is 0.0926. The second-order valence-electron chi connectivity index (χ2n) is 4.64.